The van der Waals surface area contributed by atoms with Crippen LogP contribution in [-0.4, -0.2) is 18.3 Å². The first-order valence-corrected chi connectivity index (χ1v) is 4.61. The van der Waals surface area contributed by atoms with Crippen LogP contribution in [0.15, 0.2) is 23.1 Å². The molecule has 0 atom stereocenters. The monoisotopic (exact) mass is 202 g/mol. The van der Waals surface area contributed by atoms with Gasteiger partial charge in [0.05, 0.1) is 12.3 Å². The van der Waals surface area contributed by atoms with Gasteiger partial charge in [0.15, 0.2) is 0 Å². The average molecular weight is 202 g/mol. The normalized spacial score (nSPS) is 10.3. The lowest BCUT2D eigenvalue weighted by molar-refractivity contribution is 0.302. The zero-order valence-corrected chi connectivity index (χ0v) is 7.77. The fourth-order valence-electron chi connectivity index (χ4n) is 0.751. The molecule has 0 amide bonds. The van der Waals surface area contributed by atoms with Crippen LogP contribution < -0.4 is 10.5 Å². The second-order valence-electron chi connectivity index (χ2n) is 2.40. The minimum atomic E-state index is -0.421. The maximum atomic E-state index is 12.9. The van der Waals surface area contributed by atoms with E-state index >= 15 is 0 Å². The van der Waals surface area contributed by atoms with Crippen LogP contribution in [0.25, 0.3) is 0 Å². The first-order valence-electron chi connectivity index (χ1n) is 3.79. The number of benzene rings is 1. The molecule has 0 heterocycles. The molecule has 0 unspecified atom stereocenters. The summed E-state index contributed by atoms with van der Waals surface area (Å²) in [5.41, 5.74) is 5.44. The Kier molecular flexibility index (Phi) is 4.01. The number of anilines is 1. The molecule has 0 bridgehead atoms. The predicted octanol–water partition coefficient (Wildman–Crippen LogP) is 0.997. The van der Waals surface area contributed by atoms with E-state index in [-0.39, 0.29) is 12.3 Å². The molecule has 0 fully saturated rings. The van der Waals surface area contributed by atoms with Crippen molar-refractivity contribution in [1.29, 1.82) is 0 Å². The summed E-state index contributed by atoms with van der Waals surface area (Å²) in [6.07, 6.45) is 0. The lowest BCUT2D eigenvalue weighted by Crippen LogP contribution is -2.08. The standard InChI is InChI=1S/C8H11FN2OS/c9-7-5-6(1-2-8(7)10)13-11-3-4-12/h1-2,5,11-12H,3-4,10H2. The van der Waals surface area contributed by atoms with E-state index in [4.69, 9.17) is 10.8 Å². The third kappa shape index (κ3) is 3.22. The highest BCUT2D eigenvalue weighted by Crippen LogP contribution is 2.19. The van der Waals surface area contributed by atoms with Gasteiger partial charge in [-0.15, -0.1) is 0 Å². The molecule has 5 heteroatoms. The number of aliphatic hydroxyl groups excluding tert-OH is 1. The van der Waals surface area contributed by atoms with Gasteiger partial charge in [0.25, 0.3) is 0 Å². The largest absolute Gasteiger partial charge is 0.396 e. The van der Waals surface area contributed by atoms with Crippen molar-refractivity contribution in [2.75, 3.05) is 18.9 Å². The molecule has 72 valence electrons. The van der Waals surface area contributed by atoms with Crippen molar-refractivity contribution in [2.24, 2.45) is 0 Å². The molecule has 3 nitrogen and oxygen atoms in total. The first-order chi connectivity index (χ1) is 6.24. The maximum Gasteiger partial charge on any atom is 0.147 e. The highest BCUT2D eigenvalue weighted by Gasteiger charge is 1.99. The number of rotatable bonds is 4. The van der Waals surface area contributed by atoms with Gasteiger partial charge in [-0.3, -0.25) is 4.72 Å². The Morgan fingerprint density at radius 1 is 1.54 bits per heavy atom. The second-order valence-corrected chi connectivity index (χ2v) is 3.37. The van der Waals surface area contributed by atoms with Crippen LogP contribution in [0.2, 0.25) is 0 Å². The van der Waals surface area contributed by atoms with Gasteiger partial charge in [-0.1, -0.05) is 0 Å². The molecular weight excluding hydrogens is 191 g/mol. The third-order valence-electron chi connectivity index (χ3n) is 1.38. The molecule has 0 aliphatic carbocycles. The summed E-state index contributed by atoms with van der Waals surface area (Å²) in [5.74, 6) is -0.421. The van der Waals surface area contributed by atoms with Crippen LogP contribution in [0.5, 0.6) is 0 Å². The Morgan fingerprint density at radius 3 is 2.92 bits per heavy atom. The minimum absolute atomic E-state index is 0.0600. The van der Waals surface area contributed by atoms with Crippen molar-refractivity contribution in [3.05, 3.63) is 24.0 Å². The van der Waals surface area contributed by atoms with Crippen LogP contribution in [0.3, 0.4) is 0 Å². The highest BCUT2D eigenvalue weighted by molar-refractivity contribution is 7.97. The van der Waals surface area contributed by atoms with E-state index in [2.05, 4.69) is 4.72 Å². The average Bonchev–Trinajstić information content (AvgIpc) is 2.12. The summed E-state index contributed by atoms with van der Waals surface area (Å²) in [7, 11) is 0. The number of hydrogen-bond acceptors (Lipinski definition) is 4. The Hall–Kier alpha value is -0.780. The van der Waals surface area contributed by atoms with Crippen molar-refractivity contribution >= 4 is 17.6 Å². The van der Waals surface area contributed by atoms with Crippen molar-refractivity contribution in [3.63, 3.8) is 0 Å². The van der Waals surface area contributed by atoms with Gasteiger partial charge in [0.2, 0.25) is 0 Å². The topological polar surface area (TPSA) is 58.3 Å². The molecule has 0 saturated carbocycles. The molecule has 0 aliphatic heterocycles. The number of halogens is 1. The van der Waals surface area contributed by atoms with Crippen LogP contribution >= 0.6 is 11.9 Å². The number of nitrogens with two attached hydrogens (primary N) is 1. The van der Waals surface area contributed by atoms with E-state index in [1.54, 1.807) is 6.07 Å². The van der Waals surface area contributed by atoms with E-state index < -0.39 is 5.82 Å². The second kappa shape index (κ2) is 5.06. The van der Waals surface area contributed by atoms with Crippen molar-refractivity contribution in [3.8, 4) is 0 Å². The summed E-state index contributed by atoms with van der Waals surface area (Å²) in [6, 6.07) is 4.58. The zero-order valence-electron chi connectivity index (χ0n) is 6.96. The fraction of sp³-hybridized carbons (Fsp3) is 0.250. The predicted molar refractivity (Wildman–Crippen MR) is 51.8 cm³/mol. The van der Waals surface area contributed by atoms with Crippen LogP contribution in [0.1, 0.15) is 0 Å². The molecule has 0 aliphatic rings. The van der Waals surface area contributed by atoms with Gasteiger partial charge in [0, 0.05) is 11.4 Å². The molecule has 0 aromatic heterocycles. The maximum absolute atomic E-state index is 12.9. The van der Waals surface area contributed by atoms with E-state index in [0.717, 1.165) is 4.90 Å². The summed E-state index contributed by atoms with van der Waals surface area (Å²) in [5, 5.41) is 8.47. The van der Waals surface area contributed by atoms with E-state index in [9.17, 15) is 4.39 Å². The Labute approximate surface area is 80.3 Å². The molecule has 0 spiro atoms. The molecule has 1 aromatic rings. The fourth-order valence-corrected chi connectivity index (χ4v) is 1.41. The van der Waals surface area contributed by atoms with Crippen LogP contribution in [-0.2, 0) is 0 Å². The number of aliphatic hydroxyl groups is 1. The van der Waals surface area contributed by atoms with E-state index in [1.807, 2.05) is 0 Å². The summed E-state index contributed by atoms with van der Waals surface area (Å²) >= 11 is 1.26. The van der Waals surface area contributed by atoms with Gasteiger partial charge in [0.1, 0.15) is 5.82 Å². The van der Waals surface area contributed by atoms with Crippen molar-refractivity contribution in [2.45, 2.75) is 4.90 Å². The summed E-state index contributed by atoms with van der Waals surface area (Å²) in [6.45, 7) is 0.529. The molecule has 0 radical (unpaired) electrons. The molecule has 4 N–H and O–H groups in total. The highest BCUT2D eigenvalue weighted by atomic mass is 32.2. The lowest BCUT2D eigenvalue weighted by atomic mass is 10.3. The molecule has 1 rings (SSSR count). The first kappa shape index (κ1) is 10.3. The molecule has 13 heavy (non-hydrogen) atoms. The van der Waals surface area contributed by atoms with Crippen LogP contribution in [0.4, 0.5) is 10.1 Å². The Balaban J connectivity index is 2.53. The smallest absolute Gasteiger partial charge is 0.147 e. The van der Waals surface area contributed by atoms with E-state index in [1.165, 1.54) is 24.1 Å². The molecule has 1 aromatic carbocycles. The minimum Gasteiger partial charge on any atom is -0.396 e. The number of nitrogen functional groups attached to an aromatic ring is 1. The lowest BCUT2D eigenvalue weighted by Gasteiger charge is -2.02. The van der Waals surface area contributed by atoms with Gasteiger partial charge < -0.3 is 10.8 Å². The zero-order chi connectivity index (χ0) is 9.68. The Bertz CT molecular complexity index is 283. The van der Waals surface area contributed by atoms with Crippen molar-refractivity contribution < 1.29 is 9.50 Å². The third-order valence-corrected chi connectivity index (χ3v) is 2.21. The van der Waals surface area contributed by atoms with Crippen molar-refractivity contribution in [1.82, 2.24) is 4.72 Å². The quantitative estimate of drug-likeness (QED) is 0.387. The number of hydrogen-bond donors (Lipinski definition) is 3. The van der Waals surface area contributed by atoms with E-state index in [0.29, 0.717) is 6.54 Å². The van der Waals surface area contributed by atoms with Gasteiger partial charge in [-0.2, -0.15) is 0 Å². The SMILES string of the molecule is Nc1ccc(SNCCO)cc1F. The summed E-state index contributed by atoms with van der Waals surface area (Å²) in [4.78, 5) is 0.736. The molecular formula is C8H11FN2OS. The van der Waals surface area contributed by atoms with Gasteiger partial charge >= 0.3 is 0 Å². The molecule has 0 saturated heterocycles. The van der Waals surface area contributed by atoms with Gasteiger partial charge in [-0.05, 0) is 30.1 Å². The Morgan fingerprint density at radius 2 is 2.31 bits per heavy atom. The van der Waals surface area contributed by atoms with Gasteiger partial charge in [-0.25, -0.2) is 4.39 Å². The number of nitrogens with one attached hydrogen (secondary N) is 1. The van der Waals surface area contributed by atoms with Crippen LogP contribution in [0, 0.1) is 5.82 Å². The summed E-state index contributed by atoms with van der Waals surface area (Å²) < 4.78 is 15.7.